The van der Waals surface area contributed by atoms with E-state index in [0.717, 1.165) is 59.7 Å². The van der Waals surface area contributed by atoms with Gasteiger partial charge in [0.25, 0.3) is 0 Å². The molecular weight excluding hydrogens is 368 g/mol. The Labute approximate surface area is 168 Å². The molecule has 0 bridgehead atoms. The highest BCUT2D eigenvalue weighted by atomic mass is 32.2. The van der Waals surface area contributed by atoms with Crippen LogP contribution in [0.25, 0.3) is 22.2 Å². The first kappa shape index (κ1) is 17.9. The Balaban J connectivity index is 1.58. The molecule has 0 saturated carbocycles. The van der Waals surface area contributed by atoms with Crippen molar-refractivity contribution in [3.8, 4) is 11.3 Å². The predicted octanol–water partition coefficient (Wildman–Crippen LogP) is 3.12. The van der Waals surface area contributed by atoms with Crippen molar-refractivity contribution in [2.24, 2.45) is 11.8 Å². The van der Waals surface area contributed by atoms with Crippen molar-refractivity contribution in [1.82, 2.24) is 15.0 Å². The summed E-state index contributed by atoms with van der Waals surface area (Å²) in [5, 5.41) is 4.72. The molecule has 0 spiro atoms. The highest BCUT2D eigenvalue weighted by molar-refractivity contribution is 7.83. The van der Waals surface area contributed by atoms with Crippen LogP contribution < -0.4 is 14.9 Å². The van der Waals surface area contributed by atoms with Crippen LogP contribution in [0, 0.1) is 11.8 Å². The molecule has 3 unspecified atom stereocenters. The number of hydrogen-bond donors (Lipinski definition) is 3. The summed E-state index contributed by atoms with van der Waals surface area (Å²) in [4.78, 5) is 6.90. The third kappa shape index (κ3) is 3.15. The van der Waals surface area contributed by atoms with Crippen molar-refractivity contribution < 1.29 is 4.21 Å². The fourth-order valence-corrected chi connectivity index (χ4v) is 5.45. The van der Waals surface area contributed by atoms with E-state index in [2.05, 4.69) is 62.4 Å². The quantitative estimate of drug-likeness (QED) is 0.623. The molecule has 3 atom stereocenters. The molecule has 0 amide bonds. The van der Waals surface area contributed by atoms with Gasteiger partial charge in [-0.25, -0.2) is 8.93 Å². The normalized spacial score (nSPS) is 22.7. The van der Waals surface area contributed by atoms with Gasteiger partial charge in [-0.3, -0.25) is 0 Å². The molecule has 0 aliphatic carbocycles. The minimum atomic E-state index is -1.19. The van der Waals surface area contributed by atoms with Gasteiger partial charge in [0.15, 0.2) is 0 Å². The van der Waals surface area contributed by atoms with E-state index in [1.165, 1.54) is 11.1 Å². The molecule has 2 saturated heterocycles. The Bertz CT molecular complexity index is 985. The van der Waals surface area contributed by atoms with Crippen molar-refractivity contribution >= 4 is 27.6 Å². The number of rotatable bonds is 5. The summed E-state index contributed by atoms with van der Waals surface area (Å²) in [5.74, 6) is 1.46. The van der Waals surface area contributed by atoms with E-state index in [1.807, 2.05) is 13.0 Å². The number of nitrogens with zero attached hydrogens (tertiary/aromatic N) is 1. The lowest BCUT2D eigenvalue weighted by Gasteiger charge is -2.23. The van der Waals surface area contributed by atoms with Crippen molar-refractivity contribution in [3.05, 3.63) is 48.5 Å². The number of para-hydroxylation sites is 1. The van der Waals surface area contributed by atoms with Crippen molar-refractivity contribution in [1.29, 1.82) is 0 Å². The second kappa shape index (κ2) is 7.35. The zero-order chi connectivity index (χ0) is 19.1. The van der Waals surface area contributed by atoms with Gasteiger partial charge in [-0.2, -0.15) is 0 Å². The molecule has 2 aliphatic rings. The summed E-state index contributed by atoms with van der Waals surface area (Å²) in [6.45, 7) is 7.05. The van der Waals surface area contributed by atoms with Gasteiger partial charge in [-0.1, -0.05) is 25.1 Å². The van der Waals surface area contributed by atoms with Crippen LogP contribution in [0.5, 0.6) is 0 Å². The minimum Gasteiger partial charge on any atom is -0.370 e. The highest BCUT2D eigenvalue weighted by Crippen LogP contribution is 2.38. The van der Waals surface area contributed by atoms with Crippen LogP contribution in [-0.4, -0.2) is 41.9 Å². The molecule has 3 heterocycles. The Hall–Kier alpha value is -2.15. The highest BCUT2D eigenvalue weighted by Gasteiger charge is 2.37. The fourth-order valence-electron chi connectivity index (χ4n) is 4.61. The predicted molar refractivity (Wildman–Crippen MR) is 116 cm³/mol. The summed E-state index contributed by atoms with van der Waals surface area (Å²) in [7, 11) is -1.19. The molecule has 2 fully saturated rings. The number of fused-ring (bicyclic) bond motifs is 2. The molecule has 2 aromatic carbocycles. The summed E-state index contributed by atoms with van der Waals surface area (Å²) in [6.07, 6.45) is 0. The molecule has 3 aromatic rings. The van der Waals surface area contributed by atoms with Gasteiger partial charge in [-0.05, 0) is 42.2 Å². The maximum atomic E-state index is 12.6. The number of benzene rings is 2. The zero-order valence-corrected chi connectivity index (χ0v) is 16.9. The summed E-state index contributed by atoms with van der Waals surface area (Å²) in [6, 6.07) is 16.8. The van der Waals surface area contributed by atoms with Gasteiger partial charge < -0.3 is 15.2 Å². The number of anilines is 1. The first-order valence-corrected chi connectivity index (χ1v) is 11.2. The minimum absolute atomic E-state index is 0.679. The monoisotopic (exact) mass is 394 g/mol. The second-order valence-electron chi connectivity index (χ2n) is 7.80. The first-order valence-electron chi connectivity index (χ1n) is 10.1. The zero-order valence-electron chi connectivity index (χ0n) is 16.1. The van der Waals surface area contributed by atoms with Crippen LogP contribution in [0.2, 0.25) is 0 Å². The average molecular weight is 395 g/mol. The lowest BCUT2D eigenvalue weighted by molar-refractivity contribution is 0.533. The molecule has 28 heavy (non-hydrogen) atoms. The van der Waals surface area contributed by atoms with Gasteiger partial charge in [-0.15, -0.1) is 0 Å². The molecule has 3 N–H and O–H groups in total. The summed E-state index contributed by atoms with van der Waals surface area (Å²) < 4.78 is 15.6. The van der Waals surface area contributed by atoms with Gasteiger partial charge >= 0.3 is 0 Å². The van der Waals surface area contributed by atoms with Gasteiger partial charge in [0.05, 0.1) is 4.90 Å². The maximum absolute atomic E-state index is 12.6. The SMILES string of the molecule is CCNS(=O)c1ccc(N2CC3CNCC3C2)c(-c2cc3ccccc3[nH]2)c1. The maximum Gasteiger partial charge on any atom is 0.124 e. The number of hydrogen-bond acceptors (Lipinski definition) is 3. The lowest BCUT2D eigenvalue weighted by atomic mass is 10.0. The van der Waals surface area contributed by atoms with E-state index < -0.39 is 11.0 Å². The van der Waals surface area contributed by atoms with Gasteiger partial charge in [0, 0.05) is 60.6 Å². The number of nitrogens with one attached hydrogen (secondary N) is 3. The molecule has 146 valence electrons. The Morgan fingerprint density at radius 1 is 1.11 bits per heavy atom. The molecular formula is C22H26N4OS. The third-order valence-electron chi connectivity index (χ3n) is 6.01. The summed E-state index contributed by atoms with van der Waals surface area (Å²) in [5.41, 5.74) is 4.58. The van der Waals surface area contributed by atoms with Crippen LogP contribution in [0.3, 0.4) is 0 Å². The number of aromatic nitrogens is 1. The first-order chi connectivity index (χ1) is 13.7. The van der Waals surface area contributed by atoms with Crippen molar-refractivity contribution in [2.45, 2.75) is 11.8 Å². The standard InChI is InChI=1S/C22H26N4OS/c1-2-24-28(27)18-7-8-22(26-13-16-11-23-12-17(16)14-26)19(10-18)21-9-15-5-3-4-6-20(15)25-21/h3-10,16-17,23-25H,2,11-14H2,1H3. The second-order valence-corrected chi connectivity index (χ2v) is 9.10. The van der Waals surface area contributed by atoms with E-state index in [1.54, 1.807) is 0 Å². The largest absolute Gasteiger partial charge is 0.370 e. The Kier molecular flexibility index (Phi) is 4.70. The molecule has 0 radical (unpaired) electrons. The number of H-pyrrole nitrogens is 1. The van der Waals surface area contributed by atoms with Crippen LogP contribution in [0.1, 0.15) is 6.92 Å². The van der Waals surface area contributed by atoms with Crippen LogP contribution in [0.15, 0.2) is 53.4 Å². The molecule has 1 aromatic heterocycles. The van der Waals surface area contributed by atoms with Gasteiger partial charge in [0.1, 0.15) is 11.0 Å². The fraction of sp³-hybridized carbons (Fsp3) is 0.364. The van der Waals surface area contributed by atoms with Crippen molar-refractivity contribution in [2.75, 3.05) is 37.6 Å². The van der Waals surface area contributed by atoms with E-state index in [9.17, 15) is 4.21 Å². The van der Waals surface area contributed by atoms with Crippen LogP contribution in [0.4, 0.5) is 5.69 Å². The van der Waals surface area contributed by atoms with E-state index in [0.29, 0.717) is 6.54 Å². The van der Waals surface area contributed by atoms with E-state index in [-0.39, 0.29) is 0 Å². The molecule has 5 nitrogen and oxygen atoms in total. The lowest BCUT2D eigenvalue weighted by Crippen LogP contribution is -2.26. The Morgan fingerprint density at radius 2 is 1.89 bits per heavy atom. The topological polar surface area (TPSA) is 60.2 Å². The number of aromatic amines is 1. The summed E-state index contributed by atoms with van der Waals surface area (Å²) >= 11 is 0. The van der Waals surface area contributed by atoms with E-state index in [4.69, 9.17) is 0 Å². The van der Waals surface area contributed by atoms with Crippen molar-refractivity contribution in [3.63, 3.8) is 0 Å². The van der Waals surface area contributed by atoms with E-state index >= 15 is 0 Å². The van der Waals surface area contributed by atoms with Crippen LogP contribution >= 0.6 is 0 Å². The molecule has 5 rings (SSSR count). The molecule has 2 aliphatic heterocycles. The molecule has 6 heteroatoms. The Morgan fingerprint density at radius 3 is 2.64 bits per heavy atom. The average Bonchev–Trinajstić information content (AvgIpc) is 3.41. The third-order valence-corrected chi connectivity index (χ3v) is 7.24. The van der Waals surface area contributed by atoms with Crippen LogP contribution in [-0.2, 0) is 11.0 Å². The smallest absolute Gasteiger partial charge is 0.124 e. The van der Waals surface area contributed by atoms with Gasteiger partial charge in [0.2, 0.25) is 0 Å².